The maximum absolute atomic E-state index is 12.5. The molecule has 0 bridgehead atoms. The second-order valence-electron chi connectivity index (χ2n) is 6.87. The molecule has 152 valence electrons. The quantitative estimate of drug-likeness (QED) is 0.482. The highest BCUT2D eigenvalue weighted by molar-refractivity contribution is 5.94. The number of hydrogen-bond donors (Lipinski definition) is 3. The fourth-order valence-electron chi connectivity index (χ4n) is 3.00. The second-order valence-corrected chi connectivity index (χ2v) is 6.87. The molecular weight excluding hydrogens is 364 g/mol. The van der Waals surface area contributed by atoms with Crippen molar-refractivity contribution in [1.82, 2.24) is 10.2 Å². The van der Waals surface area contributed by atoms with Crippen molar-refractivity contribution in [3.05, 3.63) is 29.8 Å². The lowest BCUT2D eigenvalue weighted by molar-refractivity contribution is -0.909. The molecule has 1 aromatic carbocycles. The standard InChI is InChI=1S/C19H26N4O5/c1-13-4-6-14(7-5-13)21-16(24)11-22(2)17(25)12-23-9-8-20-19(27)15(23)10-18(26)28-3/h4-7,15H,8-12H2,1-3H3,(H,20,27)(H,21,24)/p+1/t15-/m1/s1. The molecule has 1 unspecified atom stereocenters. The molecule has 1 fully saturated rings. The third-order valence-corrected chi connectivity index (χ3v) is 4.67. The van der Waals surface area contributed by atoms with Crippen LogP contribution in [0.1, 0.15) is 12.0 Å². The van der Waals surface area contributed by atoms with E-state index in [-0.39, 0.29) is 37.2 Å². The van der Waals surface area contributed by atoms with Crippen LogP contribution < -0.4 is 15.5 Å². The van der Waals surface area contributed by atoms with E-state index in [4.69, 9.17) is 0 Å². The van der Waals surface area contributed by atoms with E-state index in [0.717, 1.165) is 5.56 Å². The van der Waals surface area contributed by atoms with Gasteiger partial charge in [-0.25, -0.2) is 0 Å². The Morgan fingerprint density at radius 1 is 1.29 bits per heavy atom. The minimum atomic E-state index is -0.681. The number of methoxy groups -OCH3 is 1. The number of esters is 1. The number of anilines is 1. The molecule has 9 nitrogen and oxygen atoms in total. The molecule has 3 N–H and O–H groups in total. The maximum atomic E-state index is 12.5. The summed E-state index contributed by atoms with van der Waals surface area (Å²) in [5, 5.41) is 5.44. The van der Waals surface area contributed by atoms with Gasteiger partial charge in [-0.1, -0.05) is 17.7 Å². The van der Waals surface area contributed by atoms with E-state index in [1.807, 2.05) is 19.1 Å². The Balaban J connectivity index is 1.90. The van der Waals surface area contributed by atoms with Gasteiger partial charge in [0.15, 0.2) is 12.6 Å². The van der Waals surface area contributed by atoms with E-state index >= 15 is 0 Å². The third-order valence-electron chi connectivity index (χ3n) is 4.67. The van der Waals surface area contributed by atoms with E-state index < -0.39 is 12.0 Å². The number of nitrogens with zero attached hydrogens (tertiary/aromatic N) is 1. The highest BCUT2D eigenvalue weighted by Crippen LogP contribution is 2.08. The number of quaternary nitrogens is 1. The van der Waals surface area contributed by atoms with Crippen molar-refractivity contribution in [2.45, 2.75) is 19.4 Å². The summed E-state index contributed by atoms with van der Waals surface area (Å²) in [5.74, 6) is -1.37. The molecule has 1 saturated heterocycles. The molecule has 0 aromatic heterocycles. The van der Waals surface area contributed by atoms with Crippen LogP contribution in [-0.4, -0.2) is 75.0 Å². The summed E-state index contributed by atoms with van der Waals surface area (Å²) in [7, 11) is 2.80. The Morgan fingerprint density at radius 3 is 2.61 bits per heavy atom. The van der Waals surface area contributed by atoms with Crippen LogP contribution in [0.15, 0.2) is 24.3 Å². The number of rotatable bonds is 7. The molecule has 0 saturated carbocycles. The number of ether oxygens (including phenoxy) is 1. The first-order valence-corrected chi connectivity index (χ1v) is 9.09. The van der Waals surface area contributed by atoms with Crippen LogP contribution in [0.25, 0.3) is 0 Å². The van der Waals surface area contributed by atoms with Gasteiger partial charge in [-0.2, -0.15) is 0 Å². The monoisotopic (exact) mass is 391 g/mol. The molecule has 3 amide bonds. The van der Waals surface area contributed by atoms with Crippen LogP contribution in [0.2, 0.25) is 0 Å². The average Bonchev–Trinajstić information content (AvgIpc) is 2.66. The molecule has 1 aromatic rings. The highest BCUT2D eigenvalue weighted by Gasteiger charge is 2.37. The zero-order valence-electron chi connectivity index (χ0n) is 16.4. The summed E-state index contributed by atoms with van der Waals surface area (Å²) in [4.78, 5) is 50.4. The Kier molecular flexibility index (Phi) is 7.51. The third kappa shape index (κ3) is 6.05. The van der Waals surface area contributed by atoms with Gasteiger partial charge < -0.3 is 25.2 Å². The number of nitrogens with one attached hydrogen (secondary N) is 3. The van der Waals surface area contributed by atoms with Gasteiger partial charge in [0.25, 0.3) is 11.8 Å². The van der Waals surface area contributed by atoms with Crippen molar-refractivity contribution in [1.29, 1.82) is 0 Å². The summed E-state index contributed by atoms with van der Waals surface area (Å²) in [6, 6.07) is 6.68. The SMILES string of the molecule is COC(=O)C[C@@H]1C(=O)NCC[NH+]1CC(=O)N(C)CC(=O)Nc1ccc(C)cc1. The van der Waals surface area contributed by atoms with Crippen LogP contribution in [0, 0.1) is 6.92 Å². The van der Waals surface area contributed by atoms with E-state index in [2.05, 4.69) is 15.4 Å². The lowest BCUT2D eigenvalue weighted by Crippen LogP contribution is -3.20. The van der Waals surface area contributed by atoms with Gasteiger partial charge >= 0.3 is 5.97 Å². The first-order chi connectivity index (χ1) is 13.3. The van der Waals surface area contributed by atoms with E-state index in [9.17, 15) is 19.2 Å². The van der Waals surface area contributed by atoms with Gasteiger partial charge in [-0.15, -0.1) is 0 Å². The fourth-order valence-corrected chi connectivity index (χ4v) is 3.00. The first-order valence-electron chi connectivity index (χ1n) is 9.09. The maximum Gasteiger partial charge on any atom is 0.312 e. The smallest absolute Gasteiger partial charge is 0.312 e. The number of carbonyl (C=O) groups excluding carboxylic acids is 4. The number of benzene rings is 1. The topological polar surface area (TPSA) is 109 Å². The second kappa shape index (κ2) is 9.84. The Bertz CT molecular complexity index is 734. The minimum Gasteiger partial charge on any atom is -0.469 e. The van der Waals surface area contributed by atoms with Crippen molar-refractivity contribution < 1.29 is 28.8 Å². The largest absolute Gasteiger partial charge is 0.469 e. The molecule has 1 aliphatic rings. The van der Waals surface area contributed by atoms with Crippen LogP contribution in [0.5, 0.6) is 0 Å². The van der Waals surface area contributed by atoms with Gasteiger partial charge in [0.05, 0.1) is 26.7 Å². The predicted octanol–water partition coefficient (Wildman–Crippen LogP) is -1.66. The van der Waals surface area contributed by atoms with E-state index in [1.54, 1.807) is 12.1 Å². The first kappa shape index (κ1) is 21.4. The van der Waals surface area contributed by atoms with Crippen molar-refractivity contribution in [2.75, 3.05) is 45.7 Å². The van der Waals surface area contributed by atoms with Crippen molar-refractivity contribution >= 4 is 29.4 Å². The van der Waals surface area contributed by atoms with Gasteiger partial charge in [-0.3, -0.25) is 19.2 Å². The van der Waals surface area contributed by atoms with E-state index in [0.29, 0.717) is 23.7 Å². The number of hydrogen-bond acceptors (Lipinski definition) is 5. The van der Waals surface area contributed by atoms with Crippen LogP contribution >= 0.6 is 0 Å². The highest BCUT2D eigenvalue weighted by atomic mass is 16.5. The summed E-state index contributed by atoms with van der Waals surface area (Å²) >= 11 is 0. The normalized spacial score (nSPS) is 18.8. The summed E-state index contributed by atoms with van der Waals surface area (Å²) in [5.41, 5.74) is 1.74. The fraction of sp³-hybridized carbons (Fsp3) is 0.474. The average molecular weight is 391 g/mol. The number of likely N-dealkylation sites (N-methyl/N-ethyl adjacent to an activating group) is 1. The number of piperazine rings is 1. The molecular formula is C19H27N4O5+. The molecule has 2 rings (SSSR count). The molecule has 2 atom stereocenters. The Morgan fingerprint density at radius 2 is 1.96 bits per heavy atom. The lowest BCUT2D eigenvalue weighted by atomic mass is 10.1. The van der Waals surface area contributed by atoms with E-state index in [1.165, 1.54) is 19.1 Å². The molecule has 9 heteroatoms. The predicted molar refractivity (Wildman–Crippen MR) is 102 cm³/mol. The lowest BCUT2D eigenvalue weighted by Gasteiger charge is -2.31. The minimum absolute atomic E-state index is 0.0173. The number of carbonyl (C=O) groups is 4. The van der Waals surface area contributed by atoms with Crippen molar-refractivity contribution in [3.63, 3.8) is 0 Å². The van der Waals surface area contributed by atoms with Gasteiger partial charge in [-0.05, 0) is 19.1 Å². The Labute approximate surface area is 164 Å². The number of aryl methyl sites for hydroxylation is 1. The van der Waals surface area contributed by atoms with Crippen LogP contribution in [0.4, 0.5) is 5.69 Å². The Hall–Kier alpha value is -2.94. The van der Waals surface area contributed by atoms with Gasteiger partial charge in [0.2, 0.25) is 5.91 Å². The van der Waals surface area contributed by atoms with Crippen molar-refractivity contribution in [3.8, 4) is 0 Å². The molecule has 28 heavy (non-hydrogen) atoms. The zero-order valence-corrected chi connectivity index (χ0v) is 16.4. The zero-order chi connectivity index (χ0) is 20.7. The van der Waals surface area contributed by atoms with Crippen LogP contribution in [0.3, 0.4) is 0 Å². The number of amides is 3. The summed E-state index contributed by atoms with van der Waals surface area (Å²) in [6.45, 7) is 2.81. The van der Waals surface area contributed by atoms with Gasteiger partial charge in [0, 0.05) is 12.7 Å². The summed E-state index contributed by atoms with van der Waals surface area (Å²) < 4.78 is 4.64. The molecule has 0 aliphatic carbocycles. The molecule has 1 aliphatic heterocycles. The van der Waals surface area contributed by atoms with Crippen molar-refractivity contribution in [2.24, 2.45) is 0 Å². The van der Waals surface area contributed by atoms with Crippen LogP contribution in [-0.2, 0) is 23.9 Å². The molecule has 0 radical (unpaired) electrons. The molecule has 1 heterocycles. The molecule has 0 spiro atoms. The van der Waals surface area contributed by atoms with Gasteiger partial charge in [0.1, 0.15) is 6.42 Å². The summed E-state index contributed by atoms with van der Waals surface area (Å²) in [6.07, 6.45) is -0.0947.